The van der Waals surface area contributed by atoms with Crippen molar-refractivity contribution in [3.8, 4) is 0 Å². The van der Waals surface area contributed by atoms with E-state index in [1.165, 1.54) is 13.8 Å². The van der Waals surface area contributed by atoms with Crippen LogP contribution in [0.15, 0.2) is 24.3 Å². The molecule has 1 saturated heterocycles. The highest BCUT2D eigenvalue weighted by molar-refractivity contribution is 6.19. The molecule has 2 rings (SSSR count). The molecule has 0 bridgehead atoms. The third-order valence-electron chi connectivity index (χ3n) is 4.46. The van der Waals surface area contributed by atoms with Gasteiger partial charge in [-0.3, -0.25) is 14.9 Å². The van der Waals surface area contributed by atoms with Crippen LogP contribution in [0.5, 0.6) is 0 Å². The van der Waals surface area contributed by atoms with E-state index < -0.39 is 46.3 Å². The lowest BCUT2D eigenvalue weighted by molar-refractivity contribution is -0.384. The van der Waals surface area contributed by atoms with Crippen molar-refractivity contribution < 1.29 is 37.2 Å². The van der Waals surface area contributed by atoms with Gasteiger partial charge < -0.3 is 14.8 Å². The number of carbonyl (C=O) groups is 2. The second kappa shape index (κ2) is 7.92. The van der Waals surface area contributed by atoms with E-state index in [4.69, 9.17) is 21.1 Å². The largest absolute Gasteiger partial charge is 0.471 e. The number of ether oxygens (including phenoxy) is 2. The second-order valence-electron chi connectivity index (χ2n) is 6.33. The van der Waals surface area contributed by atoms with Gasteiger partial charge in [-0.1, -0.05) is 11.6 Å². The van der Waals surface area contributed by atoms with Crippen LogP contribution in [0.3, 0.4) is 0 Å². The summed E-state index contributed by atoms with van der Waals surface area (Å²) in [6, 6.07) is 3.17. The van der Waals surface area contributed by atoms with Gasteiger partial charge in [-0.2, -0.15) is 13.2 Å². The standard InChI is InChI=1S/C16H16ClF3N2O6/c1-8-15(2,11(7-12(17)27-8)21-14(24)16(18,19)20)28-13(23)9-3-5-10(6-4-9)22(25)26/h3-6,8,11-12H,7H2,1-2H3,(H,21,24)/t8-,11+,12+,15+/m1/s1. The highest BCUT2D eigenvalue weighted by Crippen LogP contribution is 2.35. The van der Waals surface area contributed by atoms with E-state index in [1.807, 2.05) is 0 Å². The first kappa shape index (κ1) is 21.9. The molecule has 0 saturated carbocycles. The lowest BCUT2D eigenvalue weighted by Gasteiger charge is -2.46. The first-order valence-electron chi connectivity index (χ1n) is 7.99. The summed E-state index contributed by atoms with van der Waals surface area (Å²) in [6.07, 6.45) is -6.33. The van der Waals surface area contributed by atoms with E-state index in [2.05, 4.69) is 0 Å². The Kier molecular flexibility index (Phi) is 6.19. The van der Waals surface area contributed by atoms with Gasteiger partial charge in [-0.25, -0.2) is 4.79 Å². The molecule has 1 fully saturated rings. The summed E-state index contributed by atoms with van der Waals surface area (Å²) in [5.41, 5.74) is -2.99. The average Bonchev–Trinajstić information content (AvgIpc) is 2.58. The smallest absolute Gasteiger partial charge is 0.451 e. The number of amides is 1. The molecule has 1 heterocycles. The van der Waals surface area contributed by atoms with E-state index in [9.17, 15) is 32.9 Å². The molecule has 1 amide bonds. The van der Waals surface area contributed by atoms with Crippen molar-refractivity contribution in [2.45, 2.75) is 49.8 Å². The van der Waals surface area contributed by atoms with Crippen LogP contribution >= 0.6 is 11.6 Å². The summed E-state index contributed by atoms with van der Waals surface area (Å²) in [4.78, 5) is 33.8. The summed E-state index contributed by atoms with van der Waals surface area (Å²) in [7, 11) is 0. The molecule has 1 aromatic rings. The minimum Gasteiger partial charge on any atom is -0.451 e. The van der Waals surface area contributed by atoms with Gasteiger partial charge in [0.1, 0.15) is 5.56 Å². The lowest BCUT2D eigenvalue weighted by atomic mass is 9.86. The fraction of sp³-hybridized carbons (Fsp3) is 0.500. The van der Waals surface area contributed by atoms with Crippen molar-refractivity contribution in [3.05, 3.63) is 39.9 Å². The van der Waals surface area contributed by atoms with Crippen LogP contribution in [0.2, 0.25) is 0 Å². The Hall–Kier alpha value is -2.40. The Morgan fingerprint density at radius 3 is 2.43 bits per heavy atom. The predicted molar refractivity (Wildman–Crippen MR) is 89.7 cm³/mol. The second-order valence-corrected chi connectivity index (χ2v) is 6.81. The molecular formula is C16H16ClF3N2O6. The number of rotatable bonds is 4. The molecule has 12 heteroatoms. The summed E-state index contributed by atoms with van der Waals surface area (Å²) < 4.78 is 48.7. The van der Waals surface area contributed by atoms with E-state index in [1.54, 1.807) is 5.32 Å². The zero-order valence-corrected chi connectivity index (χ0v) is 15.4. The molecule has 1 aliphatic heterocycles. The van der Waals surface area contributed by atoms with Gasteiger partial charge in [-0.05, 0) is 26.0 Å². The van der Waals surface area contributed by atoms with Gasteiger partial charge in [0.2, 0.25) is 0 Å². The molecule has 8 nitrogen and oxygen atoms in total. The fourth-order valence-electron chi connectivity index (χ4n) is 2.69. The SMILES string of the molecule is C[C@H]1O[C@H](Cl)C[C@H](NC(=O)C(F)(F)F)[C@@]1(C)OC(=O)c1ccc([N+](=O)[O-])cc1. The number of hydrogen-bond donors (Lipinski definition) is 1. The van der Waals surface area contributed by atoms with Crippen molar-refractivity contribution in [2.75, 3.05) is 0 Å². The summed E-state index contributed by atoms with van der Waals surface area (Å²) >= 11 is 5.87. The van der Waals surface area contributed by atoms with Crippen LogP contribution in [0, 0.1) is 10.1 Å². The Bertz CT molecular complexity index is 773. The normalized spacial score (nSPS) is 27.7. The third kappa shape index (κ3) is 4.71. The lowest BCUT2D eigenvalue weighted by Crippen LogP contribution is -2.64. The minimum absolute atomic E-state index is 0.0621. The van der Waals surface area contributed by atoms with Crippen molar-refractivity contribution in [1.82, 2.24) is 5.32 Å². The van der Waals surface area contributed by atoms with E-state index in [0.717, 1.165) is 24.3 Å². The molecule has 1 aromatic carbocycles. The molecule has 0 aliphatic carbocycles. The number of alkyl halides is 4. The number of benzene rings is 1. The number of nitro benzene ring substituents is 1. The molecule has 154 valence electrons. The zero-order valence-electron chi connectivity index (χ0n) is 14.7. The molecule has 0 unspecified atom stereocenters. The van der Waals surface area contributed by atoms with Gasteiger partial charge in [0.05, 0.1) is 22.6 Å². The number of non-ortho nitro benzene ring substituents is 1. The first-order chi connectivity index (χ1) is 12.8. The monoisotopic (exact) mass is 424 g/mol. The molecule has 1 aliphatic rings. The molecule has 0 aromatic heterocycles. The number of nitrogens with zero attached hydrogens (tertiary/aromatic N) is 1. The first-order valence-corrected chi connectivity index (χ1v) is 8.43. The zero-order chi connectivity index (χ0) is 21.3. The number of nitrogens with one attached hydrogen (secondary N) is 1. The number of hydrogen-bond acceptors (Lipinski definition) is 6. The minimum atomic E-state index is -5.13. The summed E-state index contributed by atoms with van der Waals surface area (Å²) in [5, 5.41) is 12.5. The average molecular weight is 425 g/mol. The Balaban J connectivity index is 2.25. The quantitative estimate of drug-likeness (QED) is 0.344. The van der Waals surface area contributed by atoms with Crippen molar-refractivity contribution in [1.29, 1.82) is 0 Å². The molecular weight excluding hydrogens is 409 g/mol. The summed E-state index contributed by atoms with van der Waals surface area (Å²) in [6.45, 7) is 2.75. The van der Waals surface area contributed by atoms with Crippen LogP contribution in [-0.2, 0) is 14.3 Å². The maximum atomic E-state index is 12.6. The fourth-order valence-corrected chi connectivity index (χ4v) is 3.02. The molecule has 0 radical (unpaired) electrons. The molecule has 4 atom stereocenters. The maximum absolute atomic E-state index is 12.6. The topological polar surface area (TPSA) is 108 Å². The Morgan fingerprint density at radius 1 is 1.36 bits per heavy atom. The van der Waals surface area contributed by atoms with Crippen molar-refractivity contribution in [3.63, 3.8) is 0 Å². The summed E-state index contributed by atoms with van der Waals surface area (Å²) in [5.74, 6) is -3.15. The predicted octanol–water partition coefficient (Wildman–Crippen LogP) is 2.93. The van der Waals surface area contributed by atoms with Gasteiger partial charge in [-0.15, -0.1) is 0 Å². The number of carbonyl (C=O) groups excluding carboxylic acids is 2. The van der Waals surface area contributed by atoms with Crippen LogP contribution in [-0.4, -0.2) is 46.3 Å². The van der Waals surface area contributed by atoms with Gasteiger partial charge in [0.25, 0.3) is 5.69 Å². The van der Waals surface area contributed by atoms with Crippen LogP contribution in [0.4, 0.5) is 18.9 Å². The maximum Gasteiger partial charge on any atom is 0.471 e. The molecule has 0 spiro atoms. The third-order valence-corrected chi connectivity index (χ3v) is 4.74. The number of halogens is 4. The van der Waals surface area contributed by atoms with Gasteiger partial charge in [0.15, 0.2) is 5.60 Å². The van der Waals surface area contributed by atoms with E-state index in [-0.39, 0.29) is 17.7 Å². The Morgan fingerprint density at radius 2 is 1.93 bits per heavy atom. The highest BCUT2D eigenvalue weighted by atomic mass is 35.5. The van der Waals surface area contributed by atoms with Gasteiger partial charge >= 0.3 is 18.1 Å². The Labute approximate surface area is 162 Å². The van der Waals surface area contributed by atoms with E-state index >= 15 is 0 Å². The van der Waals surface area contributed by atoms with E-state index in [0.29, 0.717) is 0 Å². The molecule has 1 N–H and O–H groups in total. The molecule has 28 heavy (non-hydrogen) atoms. The number of esters is 1. The van der Waals surface area contributed by atoms with Crippen LogP contribution in [0.1, 0.15) is 30.6 Å². The van der Waals surface area contributed by atoms with Crippen molar-refractivity contribution >= 4 is 29.2 Å². The number of nitro groups is 1. The van der Waals surface area contributed by atoms with Crippen LogP contribution in [0.25, 0.3) is 0 Å². The highest BCUT2D eigenvalue weighted by Gasteiger charge is 2.52. The van der Waals surface area contributed by atoms with Crippen molar-refractivity contribution in [2.24, 2.45) is 0 Å². The van der Waals surface area contributed by atoms with Gasteiger partial charge in [0, 0.05) is 18.6 Å². The van der Waals surface area contributed by atoms with Crippen LogP contribution < -0.4 is 5.32 Å².